The Morgan fingerprint density at radius 1 is 1.05 bits per heavy atom. The summed E-state index contributed by atoms with van der Waals surface area (Å²) in [6.07, 6.45) is 12.0. The van der Waals surface area contributed by atoms with Gasteiger partial charge in [0, 0.05) is 13.0 Å². The smallest absolute Gasteiger partial charge is 0.220 e. The first-order valence-electron chi connectivity index (χ1n) is 8.77. The van der Waals surface area contributed by atoms with Crippen LogP contribution in [-0.4, -0.2) is 17.6 Å². The van der Waals surface area contributed by atoms with Crippen LogP contribution < -0.4 is 5.32 Å². The minimum Gasteiger partial charge on any atom is -0.508 e. The maximum atomic E-state index is 10.1. The molecular weight excluding hydrogens is 274 g/mol. The van der Waals surface area contributed by atoms with E-state index in [9.17, 15) is 9.90 Å². The molecule has 2 rings (SSSR count). The third-order valence-electron chi connectivity index (χ3n) is 3.94. The molecule has 1 amide bonds. The summed E-state index contributed by atoms with van der Waals surface area (Å²) in [7, 11) is 0. The first kappa shape index (κ1) is 18.5. The van der Waals surface area contributed by atoms with Gasteiger partial charge in [-0.1, -0.05) is 63.6 Å². The first-order chi connectivity index (χ1) is 10.7. The SMILES string of the molecule is CCCCCCCCCc1ccccc1O.O=C1CCCN1. The number of hydrogen-bond donors (Lipinski definition) is 2. The predicted molar refractivity (Wildman–Crippen MR) is 92.0 cm³/mol. The minimum atomic E-state index is 0.204. The monoisotopic (exact) mass is 305 g/mol. The lowest BCUT2D eigenvalue weighted by Crippen LogP contribution is -2.12. The zero-order chi connectivity index (χ0) is 16.0. The van der Waals surface area contributed by atoms with Crippen molar-refractivity contribution in [1.82, 2.24) is 5.32 Å². The highest BCUT2D eigenvalue weighted by Crippen LogP contribution is 2.18. The van der Waals surface area contributed by atoms with Gasteiger partial charge in [0.2, 0.25) is 5.91 Å². The maximum absolute atomic E-state index is 10.1. The van der Waals surface area contributed by atoms with Crippen LogP contribution in [0.4, 0.5) is 0 Å². The van der Waals surface area contributed by atoms with Crippen molar-refractivity contribution in [3.05, 3.63) is 29.8 Å². The number of aromatic hydroxyl groups is 1. The summed E-state index contributed by atoms with van der Waals surface area (Å²) in [5, 5.41) is 12.3. The van der Waals surface area contributed by atoms with Gasteiger partial charge in [0.1, 0.15) is 5.75 Å². The first-order valence-corrected chi connectivity index (χ1v) is 8.77. The van der Waals surface area contributed by atoms with E-state index in [1.54, 1.807) is 6.07 Å². The zero-order valence-corrected chi connectivity index (χ0v) is 13.9. The van der Waals surface area contributed by atoms with E-state index >= 15 is 0 Å². The Hall–Kier alpha value is -1.51. The minimum absolute atomic E-state index is 0.204. The number of aryl methyl sites for hydroxylation is 1. The summed E-state index contributed by atoms with van der Waals surface area (Å²) in [4.78, 5) is 10.1. The van der Waals surface area contributed by atoms with Crippen LogP contribution in [0.15, 0.2) is 24.3 Å². The molecule has 0 aromatic heterocycles. The van der Waals surface area contributed by atoms with Gasteiger partial charge in [-0.05, 0) is 30.9 Å². The van der Waals surface area contributed by atoms with Crippen molar-refractivity contribution in [2.75, 3.05) is 6.54 Å². The number of para-hydroxylation sites is 1. The van der Waals surface area contributed by atoms with Crippen molar-refractivity contribution in [3.63, 3.8) is 0 Å². The molecule has 1 aromatic carbocycles. The Morgan fingerprint density at radius 3 is 2.27 bits per heavy atom. The van der Waals surface area contributed by atoms with Crippen molar-refractivity contribution >= 4 is 5.91 Å². The van der Waals surface area contributed by atoms with E-state index in [4.69, 9.17) is 0 Å². The number of amides is 1. The lowest BCUT2D eigenvalue weighted by molar-refractivity contribution is -0.119. The van der Waals surface area contributed by atoms with E-state index in [1.165, 1.54) is 44.9 Å². The number of hydrogen-bond acceptors (Lipinski definition) is 2. The molecular formula is C19H31NO2. The molecule has 0 unspecified atom stereocenters. The highest BCUT2D eigenvalue weighted by Gasteiger charge is 2.05. The summed E-state index contributed by atoms with van der Waals surface area (Å²) >= 11 is 0. The Kier molecular flexibility index (Phi) is 10.2. The van der Waals surface area contributed by atoms with Gasteiger partial charge >= 0.3 is 0 Å². The largest absolute Gasteiger partial charge is 0.508 e. The fraction of sp³-hybridized carbons (Fsp3) is 0.632. The topological polar surface area (TPSA) is 49.3 Å². The fourth-order valence-corrected chi connectivity index (χ4v) is 2.56. The predicted octanol–water partition coefficient (Wildman–Crippen LogP) is 4.58. The van der Waals surface area contributed by atoms with E-state index in [1.807, 2.05) is 18.2 Å². The van der Waals surface area contributed by atoms with Crippen LogP contribution in [0.3, 0.4) is 0 Å². The van der Waals surface area contributed by atoms with E-state index in [0.29, 0.717) is 5.75 Å². The highest BCUT2D eigenvalue weighted by atomic mass is 16.3. The third-order valence-corrected chi connectivity index (χ3v) is 3.94. The van der Waals surface area contributed by atoms with E-state index in [2.05, 4.69) is 12.2 Å². The lowest BCUT2D eigenvalue weighted by atomic mass is 10.0. The third kappa shape index (κ3) is 8.71. The van der Waals surface area contributed by atoms with Crippen molar-refractivity contribution in [1.29, 1.82) is 0 Å². The van der Waals surface area contributed by atoms with E-state index < -0.39 is 0 Å². The molecule has 1 aliphatic rings. The van der Waals surface area contributed by atoms with Crippen LogP contribution in [0.5, 0.6) is 5.75 Å². The second-order valence-electron chi connectivity index (χ2n) is 5.95. The van der Waals surface area contributed by atoms with Gasteiger partial charge in [-0.2, -0.15) is 0 Å². The number of rotatable bonds is 8. The molecule has 1 aliphatic heterocycles. The number of benzene rings is 1. The Labute approximate surface area is 135 Å². The zero-order valence-electron chi connectivity index (χ0n) is 13.9. The van der Waals surface area contributed by atoms with Crippen LogP contribution in [0.1, 0.15) is 70.3 Å². The van der Waals surface area contributed by atoms with Gasteiger partial charge in [0.15, 0.2) is 0 Å². The molecule has 3 nitrogen and oxygen atoms in total. The van der Waals surface area contributed by atoms with Crippen LogP contribution in [0.2, 0.25) is 0 Å². The van der Waals surface area contributed by atoms with E-state index in [-0.39, 0.29) is 5.91 Å². The van der Waals surface area contributed by atoms with Crippen molar-refractivity contribution < 1.29 is 9.90 Å². The lowest BCUT2D eigenvalue weighted by Gasteiger charge is -2.04. The molecule has 1 heterocycles. The molecule has 0 spiro atoms. The molecule has 0 aliphatic carbocycles. The summed E-state index contributed by atoms with van der Waals surface area (Å²) in [6.45, 7) is 3.14. The molecule has 1 fully saturated rings. The van der Waals surface area contributed by atoms with Crippen LogP contribution in [0.25, 0.3) is 0 Å². The van der Waals surface area contributed by atoms with Crippen LogP contribution in [-0.2, 0) is 11.2 Å². The number of nitrogens with one attached hydrogen (secondary N) is 1. The molecule has 0 bridgehead atoms. The number of carbonyl (C=O) groups excluding carboxylic acids is 1. The van der Waals surface area contributed by atoms with Gasteiger partial charge in [-0.3, -0.25) is 4.79 Å². The second-order valence-corrected chi connectivity index (χ2v) is 5.95. The Bertz CT molecular complexity index is 410. The Balaban J connectivity index is 0.000000335. The quantitative estimate of drug-likeness (QED) is 0.691. The molecule has 0 atom stereocenters. The number of unbranched alkanes of at least 4 members (excludes halogenated alkanes) is 6. The molecule has 124 valence electrons. The van der Waals surface area contributed by atoms with Crippen LogP contribution >= 0.6 is 0 Å². The van der Waals surface area contributed by atoms with Gasteiger partial charge in [-0.15, -0.1) is 0 Å². The summed E-state index contributed by atoms with van der Waals surface area (Å²) in [5.74, 6) is 0.656. The average molecular weight is 305 g/mol. The van der Waals surface area contributed by atoms with Gasteiger partial charge in [-0.25, -0.2) is 0 Å². The average Bonchev–Trinajstić information content (AvgIpc) is 3.00. The normalized spacial score (nSPS) is 13.4. The maximum Gasteiger partial charge on any atom is 0.220 e. The molecule has 22 heavy (non-hydrogen) atoms. The van der Waals surface area contributed by atoms with Crippen LogP contribution in [0, 0.1) is 0 Å². The molecule has 2 N–H and O–H groups in total. The molecule has 0 radical (unpaired) electrons. The van der Waals surface area contributed by atoms with Crippen molar-refractivity contribution in [3.8, 4) is 5.75 Å². The second kappa shape index (κ2) is 12.1. The Morgan fingerprint density at radius 2 is 1.73 bits per heavy atom. The molecule has 0 saturated carbocycles. The number of phenols is 1. The molecule has 1 saturated heterocycles. The van der Waals surface area contributed by atoms with E-state index in [0.717, 1.165) is 31.4 Å². The molecule has 1 aromatic rings. The summed E-state index contributed by atoms with van der Waals surface area (Å²) in [5.41, 5.74) is 1.09. The number of phenolic OH excluding ortho intramolecular Hbond substituents is 1. The van der Waals surface area contributed by atoms with Crippen molar-refractivity contribution in [2.24, 2.45) is 0 Å². The molecule has 3 heteroatoms. The van der Waals surface area contributed by atoms with Crippen molar-refractivity contribution in [2.45, 2.75) is 71.1 Å². The summed E-state index contributed by atoms with van der Waals surface area (Å²) < 4.78 is 0. The van der Waals surface area contributed by atoms with Gasteiger partial charge < -0.3 is 10.4 Å². The standard InChI is InChI=1S/C15H24O.C4H7NO/c1-2-3-4-5-6-7-8-11-14-12-9-10-13-15(14)16;6-4-2-1-3-5-4/h9-10,12-13,16H,2-8,11H2,1H3;1-3H2,(H,5,6). The summed E-state index contributed by atoms with van der Waals surface area (Å²) in [6, 6.07) is 7.67. The number of carbonyl (C=O) groups is 1. The highest BCUT2D eigenvalue weighted by molar-refractivity contribution is 5.77. The van der Waals surface area contributed by atoms with Gasteiger partial charge in [0.05, 0.1) is 0 Å². The fourth-order valence-electron chi connectivity index (χ4n) is 2.56. The van der Waals surface area contributed by atoms with Gasteiger partial charge in [0.25, 0.3) is 0 Å².